The molecular formula is C24H31B2N3O9S. The summed E-state index contributed by atoms with van der Waals surface area (Å²) in [6.07, 6.45) is 4.75. The number of fused-ring (bicyclic) bond motifs is 2. The second-order valence-electron chi connectivity index (χ2n) is 8.25. The van der Waals surface area contributed by atoms with E-state index in [1.165, 1.54) is 24.6 Å². The van der Waals surface area contributed by atoms with Crippen molar-refractivity contribution in [1.29, 1.82) is 0 Å². The average molecular weight is 559 g/mol. The summed E-state index contributed by atoms with van der Waals surface area (Å²) >= 11 is 1.44. The smallest absolute Gasteiger partial charge is 0.522 e. The Hall–Kier alpha value is -3.68. The van der Waals surface area contributed by atoms with E-state index in [2.05, 4.69) is 15.2 Å². The summed E-state index contributed by atoms with van der Waals surface area (Å²) in [5, 5.41) is 46.1. The van der Waals surface area contributed by atoms with Crippen molar-refractivity contribution in [1.82, 2.24) is 15.2 Å². The lowest BCUT2D eigenvalue weighted by atomic mass is 9.77. The molecule has 0 aliphatic carbocycles. The van der Waals surface area contributed by atoms with Gasteiger partial charge >= 0.3 is 26.2 Å². The number of ether oxygens (including phenoxy) is 1. The minimum absolute atomic E-state index is 0. The van der Waals surface area contributed by atoms with E-state index < -0.39 is 26.2 Å². The van der Waals surface area contributed by atoms with E-state index in [9.17, 15) is 24.7 Å². The lowest BCUT2D eigenvalue weighted by Crippen LogP contribution is -2.28. The minimum Gasteiger partial charge on any atom is -0.535 e. The summed E-state index contributed by atoms with van der Waals surface area (Å²) in [5.74, 6) is -1.78. The fourth-order valence-electron chi connectivity index (χ4n) is 4.11. The Morgan fingerprint density at radius 3 is 2.15 bits per heavy atom. The molecule has 0 bridgehead atoms. The van der Waals surface area contributed by atoms with Crippen molar-refractivity contribution in [2.24, 2.45) is 0 Å². The minimum atomic E-state index is -1.18. The highest BCUT2D eigenvalue weighted by Crippen LogP contribution is 2.35. The number of carboxylic acid groups (broad SMARTS) is 2. The zero-order chi connectivity index (χ0) is 26.5. The van der Waals surface area contributed by atoms with E-state index in [1.807, 2.05) is 12.1 Å². The molecule has 4 heterocycles. The van der Waals surface area contributed by atoms with Crippen LogP contribution in [0, 0.1) is 0 Å². The van der Waals surface area contributed by atoms with Crippen LogP contribution in [-0.4, -0.2) is 68.7 Å². The molecule has 0 spiro atoms. The van der Waals surface area contributed by atoms with Gasteiger partial charge in [-0.3, -0.25) is 0 Å². The molecule has 39 heavy (non-hydrogen) atoms. The molecule has 0 unspecified atom stereocenters. The molecule has 0 radical (unpaired) electrons. The Bertz CT molecular complexity index is 1290. The maximum Gasteiger partial charge on any atom is 0.522 e. The monoisotopic (exact) mass is 559 g/mol. The van der Waals surface area contributed by atoms with Crippen molar-refractivity contribution in [3.8, 4) is 17.4 Å². The number of nitrogens with zero attached hydrogens (tertiary/aromatic N) is 3. The van der Waals surface area contributed by atoms with Crippen molar-refractivity contribution in [2.45, 2.75) is 53.2 Å². The van der Waals surface area contributed by atoms with Crippen LogP contribution < -0.4 is 14.0 Å². The highest BCUT2D eigenvalue weighted by molar-refractivity contribution is 7.09. The van der Waals surface area contributed by atoms with Crippen molar-refractivity contribution in [3.05, 3.63) is 56.7 Å². The van der Waals surface area contributed by atoms with Gasteiger partial charge in [-0.2, -0.15) is 0 Å². The number of aryl methyl sites for hydroxylation is 4. The molecule has 0 saturated heterocycles. The number of methoxy groups -OCH3 is 1. The van der Waals surface area contributed by atoms with E-state index >= 15 is 0 Å². The number of pyridine rings is 1. The molecule has 3 aromatic rings. The zero-order valence-electron chi connectivity index (χ0n) is 19.8. The molecule has 1 aromatic carbocycles. The number of carbonyl (C=O) groups is 2. The third-order valence-electron chi connectivity index (χ3n) is 5.86. The van der Waals surface area contributed by atoms with E-state index in [-0.39, 0.29) is 37.6 Å². The second-order valence-corrected chi connectivity index (χ2v) is 9.17. The Labute approximate surface area is 230 Å². The van der Waals surface area contributed by atoms with Gasteiger partial charge in [-0.15, -0.1) is 21.5 Å². The molecule has 2 aliphatic rings. The van der Waals surface area contributed by atoms with Crippen molar-refractivity contribution < 1.29 is 43.9 Å². The fraction of sp³-hybridized carbons (Fsp3) is 0.375. The first-order chi connectivity index (χ1) is 17.8. The molecule has 0 fully saturated rings. The number of carboxylic acids is 2. The Kier molecular flexibility index (Phi) is 11.3. The Balaban J connectivity index is 0.000000269. The quantitative estimate of drug-likeness (QED) is 0.325. The summed E-state index contributed by atoms with van der Waals surface area (Å²) in [7, 11) is -0.577. The maximum absolute atomic E-state index is 11.6. The molecule has 4 N–H and O–H groups in total. The number of hydrogen-bond donors (Lipinski definition) is 4. The van der Waals surface area contributed by atoms with Gasteiger partial charge < -0.3 is 34.3 Å². The van der Waals surface area contributed by atoms with Crippen LogP contribution in [-0.2, 0) is 25.7 Å². The molecular weight excluding hydrogens is 528 g/mol. The SMILES string of the molecule is C.C.COc1ncc2c(c1C(=O)O)OB(O)CC2.O=C(O)c1c(CCc2nncs2)ccc2c1OB(O)CC2. The molecule has 5 rings (SSSR count). The van der Waals surface area contributed by atoms with Crippen LogP contribution in [0.15, 0.2) is 23.8 Å². The standard InChI is InChI=1S/C13H13BN2O4S.C9H10BNO5.2CH4/c17-13(18)11-8(3-4-10-16-15-7-21-10)1-2-9-5-6-14(19)20-12(9)11;1-15-8-6(9(12)13)7-5(4-11-8)2-3-10(14)16-7;;/h1-2,7,19H,3-6H2,(H,17,18);4,14H,2-3H2,1H3,(H,12,13);2*1H4. The van der Waals surface area contributed by atoms with Crippen LogP contribution in [0.25, 0.3) is 0 Å². The summed E-state index contributed by atoms with van der Waals surface area (Å²) in [5.41, 5.74) is 3.85. The fourth-order valence-corrected chi connectivity index (χ4v) is 4.64. The van der Waals surface area contributed by atoms with Gasteiger partial charge in [0, 0.05) is 18.2 Å². The summed E-state index contributed by atoms with van der Waals surface area (Å²) in [4.78, 5) is 26.5. The Morgan fingerprint density at radius 1 is 0.974 bits per heavy atom. The summed E-state index contributed by atoms with van der Waals surface area (Å²) in [6.45, 7) is 0. The van der Waals surface area contributed by atoms with Crippen molar-refractivity contribution >= 4 is 37.5 Å². The highest BCUT2D eigenvalue weighted by atomic mass is 32.1. The molecule has 2 aromatic heterocycles. The molecule has 12 nitrogen and oxygen atoms in total. The summed E-state index contributed by atoms with van der Waals surface area (Å²) in [6, 6.07) is 3.70. The van der Waals surface area contributed by atoms with Gasteiger partial charge in [0.15, 0.2) is 5.56 Å². The lowest BCUT2D eigenvalue weighted by molar-refractivity contribution is 0.0679. The normalized spacial score (nSPS) is 13.1. The third kappa shape index (κ3) is 7.25. The number of benzene rings is 1. The number of aromatic carboxylic acids is 2. The van der Waals surface area contributed by atoms with Crippen LogP contribution in [0.1, 0.15) is 57.3 Å². The van der Waals surface area contributed by atoms with Gasteiger partial charge in [-0.25, -0.2) is 14.6 Å². The largest absolute Gasteiger partial charge is 0.535 e. The van der Waals surface area contributed by atoms with Gasteiger partial charge in [0.25, 0.3) is 0 Å². The van der Waals surface area contributed by atoms with E-state index in [4.69, 9.17) is 19.2 Å². The first-order valence-electron chi connectivity index (χ1n) is 11.4. The van der Waals surface area contributed by atoms with Gasteiger partial charge in [-0.05, 0) is 43.0 Å². The molecule has 0 atom stereocenters. The van der Waals surface area contributed by atoms with Gasteiger partial charge in [0.1, 0.15) is 27.6 Å². The van der Waals surface area contributed by atoms with Crippen molar-refractivity contribution in [3.63, 3.8) is 0 Å². The average Bonchev–Trinajstić information content (AvgIpc) is 3.40. The van der Waals surface area contributed by atoms with Crippen molar-refractivity contribution in [2.75, 3.05) is 7.11 Å². The number of aromatic nitrogens is 3. The van der Waals surface area contributed by atoms with E-state index in [1.54, 1.807) is 5.51 Å². The van der Waals surface area contributed by atoms with Crippen LogP contribution in [0.3, 0.4) is 0 Å². The maximum atomic E-state index is 11.6. The number of hydrogen-bond acceptors (Lipinski definition) is 11. The van der Waals surface area contributed by atoms with Gasteiger partial charge in [-0.1, -0.05) is 27.0 Å². The molecule has 0 saturated carbocycles. The zero-order valence-corrected chi connectivity index (χ0v) is 20.6. The van der Waals surface area contributed by atoms with E-state index in [0.717, 1.165) is 10.6 Å². The van der Waals surface area contributed by atoms with Crippen LogP contribution in [0.5, 0.6) is 17.4 Å². The molecule has 2 aliphatic heterocycles. The highest BCUT2D eigenvalue weighted by Gasteiger charge is 2.31. The topological polar surface area (TPSA) is 181 Å². The first kappa shape index (κ1) is 31.5. The molecule has 208 valence electrons. The van der Waals surface area contributed by atoms with E-state index in [0.29, 0.717) is 55.2 Å². The van der Waals surface area contributed by atoms with Gasteiger partial charge in [0.2, 0.25) is 5.88 Å². The molecule has 15 heteroatoms. The first-order valence-corrected chi connectivity index (χ1v) is 12.3. The van der Waals surface area contributed by atoms with Crippen LogP contribution in [0.4, 0.5) is 0 Å². The number of rotatable bonds is 6. The third-order valence-corrected chi connectivity index (χ3v) is 6.62. The van der Waals surface area contributed by atoms with Crippen LogP contribution >= 0.6 is 11.3 Å². The predicted octanol–water partition coefficient (Wildman–Crippen LogP) is 2.91. The van der Waals surface area contributed by atoms with Gasteiger partial charge in [0.05, 0.1) is 7.11 Å². The Morgan fingerprint density at radius 2 is 1.59 bits per heavy atom. The predicted molar refractivity (Wildman–Crippen MR) is 146 cm³/mol. The second kappa shape index (κ2) is 13.9. The summed E-state index contributed by atoms with van der Waals surface area (Å²) < 4.78 is 15.3. The molecule has 0 amide bonds. The van der Waals surface area contributed by atoms with Crippen LogP contribution in [0.2, 0.25) is 12.6 Å². The lowest BCUT2D eigenvalue weighted by Gasteiger charge is -2.23.